The third-order valence-corrected chi connectivity index (χ3v) is 3.07. The second-order valence-corrected chi connectivity index (χ2v) is 4.60. The third kappa shape index (κ3) is 3.67. The molecule has 0 amide bonds. The van der Waals surface area contributed by atoms with Gasteiger partial charge < -0.3 is 5.32 Å². The third-order valence-electron chi connectivity index (χ3n) is 3.07. The molecule has 2 rings (SSSR count). The first-order chi connectivity index (χ1) is 8.75. The molecule has 0 spiro atoms. The summed E-state index contributed by atoms with van der Waals surface area (Å²) in [5, 5.41) is 11.1. The molecule has 18 heavy (non-hydrogen) atoms. The number of hydrogen-bond acceptors (Lipinski definition) is 4. The van der Waals surface area contributed by atoms with E-state index in [9.17, 15) is 0 Å². The summed E-state index contributed by atoms with van der Waals surface area (Å²) in [6, 6.07) is 11.0. The smallest absolute Gasteiger partial charge is 0.121 e. The molecule has 0 saturated heterocycles. The lowest BCUT2D eigenvalue weighted by Gasteiger charge is -2.12. The lowest BCUT2D eigenvalue weighted by molar-refractivity contribution is 0.299. The van der Waals surface area contributed by atoms with Crippen molar-refractivity contribution in [1.82, 2.24) is 15.6 Å². The van der Waals surface area contributed by atoms with E-state index < -0.39 is 0 Å². The number of benzene rings is 1. The topological polar surface area (TPSA) is 51.0 Å². The molecule has 0 aliphatic rings. The maximum atomic E-state index is 4.67. The van der Waals surface area contributed by atoms with Crippen LogP contribution in [-0.4, -0.2) is 16.4 Å². The molecule has 0 radical (unpaired) electrons. The Balaban J connectivity index is 1.73. The molecule has 0 aliphatic heterocycles. The Labute approximate surface area is 107 Å². The molecule has 1 unspecified atom stereocenters. The molecule has 4 heteroatoms. The van der Waals surface area contributed by atoms with Crippen molar-refractivity contribution in [2.45, 2.75) is 39.3 Å². The highest BCUT2D eigenvalue weighted by Gasteiger charge is 2.07. The predicted octanol–water partition coefficient (Wildman–Crippen LogP) is 2.49. The Kier molecular flexibility index (Phi) is 4.47. The van der Waals surface area contributed by atoms with Crippen molar-refractivity contribution in [2.24, 2.45) is 0 Å². The van der Waals surface area contributed by atoms with E-state index in [0.717, 1.165) is 24.2 Å². The normalized spacial score (nSPS) is 12.6. The van der Waals surface area contributed by atoms with Crippen molar-refractivity contribution in [3.8, 4) is 0 Å². The molecule has 96 valence electrons. The fraction of sp³-hybridized carbons (Fsp3) is 0.429. The van der Waals surface area contributed by atoms with Crippen LogP contribution in [0.1, 0.15) is 30.3 Å². The summed E-state index contributed by atoms with van der Waals surface area (Å²) >= 11 is 0. The highest BCUT2D eigenvalue weighted by molar-refractivity contribution is 5.14. The van der Waals surface area contributed by atoms with Gasteiger partial charge in [0.15, 0.2) is 0 Å². The molecule has 0 fully saturated rings. The molecule has 1 N–H and O–H groups in total. The first kappa shape index (κ1) is 12.8. The van der Waals surface area contributed by atoms with Crippen LogP contribution in [0.5, 0.6) is 0 Å². The van der Waals surface area contributed by atoms with Gasteiger partial charge in [0.25, 0.3) is 0 Å². The van der Waals surface area contributed by atoms with Crippen LogP contribution < -0.4 is 5.32 Å². The van der Waals surface area contributed by atoms with E-state index in [1.54, 1.807) is 0 Å². The Morgan fingerprint density at radius 1 is 1.22 bits per heavy atom. The van der Waals surface area contributed by atoms with Gasteiger partial charge in [0, 0.05) is 12.6 Å². The minimum atomic E-state index is 0.446. The number of aromatic nitrogens is 2. The first-order valence-electron chi connectivity index (χ1n) is 6.31. The zero-order valence-corrected chi connectivity index (χ0v) is 10.9. The summed E-state index contributed by atoms with van der Waals surface area (Å²) in [6.45, 7) is 4.80. The van der Waals surface area contributed by atoms with Gasteiger partial charge >= 0.3 is 0 Å². The first-order valence-corrected chi connectivity index (χ1v) is 6.31. The van der Waals surface area contributed by atoms with Crippen LogP contribution in [0.25, 0.3) is 0 Å². The van der Waals surface area contributed by atoms with Crippen molar-refractivity contribution in [3.05, 3.63) is 47.3 Å². The quantitative estimate of drug-likeness (QED) is 0.849. The summed E-state index contributed by atoms with van der Waals surface area (Å²) in [4.78, 5) is 0. The lowest BCUT2D eigenvalue weighted by atomic mass is 10.1. The van der Waals surface area contributed by atoms with Crippen molar-refractivity contribution in [2.75, 3.05) is 0 Å². The van der Waals surface area contributed by atoms with E-state index in [-0.39, 0.29) is 0 Å². The monoisotopic (exact) mass is 245 g/mol. The number of aryl methyl sites for hydroxylation is 2. The molecule has 0 aliphatic carbocycles. The van der Waals surface area contributed by atoms with Crippen LogP contribution >= 0.6 is 0 Å². The fourth-order valence-electron chi connectivity index (χ4n) is 1.81. The molecule has 2 aromatic rings. The Morgan fingerprint density at radius 3 is 2.67 bits per heavy atom. The van der Waals surface area contributed by atoms with Gasteiger partial charge in [-0.1, -0.05) is 40.6 Å². The Bertz CT molecular complexity index is 467. The molecular formula is C14H19N3O. The standard InChI is InChI=1S/C14H19N3O/c1-11(8-9-13-6-4-3-5-7-13)15-10-14-12(2)16-18-17-14/h3-7,11,15H,8-10H2,1-2H3. The second-order valence-electron chi connectivity index (χ2n) is 4.60. The van der Waals surface area contributed by atoms with E-state index >= 15 is 0 Å². The van der Waals surface area contributed by atoms with Crippen LogP contribution in [0, 0.1) is 6.92 Å². The lowest BCUT2D eigenvalue weighted by Crippen LogP contribution is -2.26. The van der Waals surface area contributed by atoms with Crippen molar-refractivity contribution in [3.63, 3.8) is 0 Å². The molecular weight excluding hydrogens is 226 g/mol. The summed E-state index contributed by atoms with van der Waals surface area (Å²) in [7, 11) is 0. The van der Waals surface area contributed by atoms with Crippen LogP contribution in [-0.2, 0) is 13.0 Å². The number of rotatable bonds is 6. The maximum Gasteiger partial charge on any atom is 0.121 e. The molecule has 1 atom stereocenters. The highest BCUT2D eigenvalue weighted by Crippen LogP contribution is 2.06. The van der Waals surface area contributed by atoms with E-state index in [2.05, 4.69) is 51.4 Å². The van der Waals surface area contributed by atoms with Crippen LogP contribution in [0.4, 0.5) is 0 Å². The van der Waals surface area contributed by atoms with Gasteiger partial charge in [-0.25, -0.2) is 4.63 Å². The molecule has 1 aromatic heterocycles. The van der Waals surface area contributed by atoms with Crippen molar-refractivity contribution in [1.29, 1.82) is 0 Å². The van der Waals surface area contributed by atoms with Gasteiger partial charge in [-0.15, -0.1) is 0 Å². The van der Waals surface area contributed by atoms with Crippen LogP contribution in [0.15, 0.2) is 35.0 Å². The van der Waals surface area contributed by atoms with Gasteiger partial charge in [-0.2, -0.15) is 0 Å². The summed E-state index contributed by atoms with van der Waals surface area (Å²) in [5.74, 6) is 0. The number of nitrogens with one attached hydrogen (secondary N) is 1. The van der Waals surface area contributed by atoms with Gasteiger partial charge in [0.2, 0.25) is 0 Å². The molecule has 0 bridgehead atoms. The van der Waals surface area contributed by atoms with Gasteiger partial charge in [-0.05, 0) is 32.3 Å². The van der Waals surface area contributed by atoms with Crippen molar-refractivity contribution < 1.29 is 4.63 Å². The fourth-order valence-corrected chi connectivity index (χ4v) is 1.81. The van der Waals surface area contributed by atoms with E-state index in [0.29, 0.717) is 12.6 Å². The predicted molar refractivity (Wildman–Crippen MR) is 70.1 cm³/mol. The molecule has 1 aromatic carbocycles. The zero-order chi connectivity index (χ0) is 12.8. The van der Waals surface area contributed by atoms with Crippen LogP contribution in [0.2, 0.25) is 0 Å². The van der Waals surface area contributed by atoms with Gasteiger partial charge in [-0.3, -0.25) is 0 Å². The van der Waals surface area contributed by atoms with Crippen molar-refractivity contribution >= 4 is 0 Å². The number of nitrogens with zero attached hydrogens (tertiary/aromatic N) is 2. The van der Waals surface area contributed by atoms with Crippen LogP contribution in [0.3, 0.4) is 0 Å². The molecule has 1 heterocycles. The summed E-state index contributed by atoms with van der Waals surface area (Å²) in [5.41, 5.74) is 3.13. The minimum absolute atomic E-state index is 0.446. The maximum absolute atomic E-state index is 4.67. The molecule has 4 nitrogen and oxygen atoms in total. The number of hydrogen-bond donors (Lipinski definition) is 1. The Hall–Kier alpha value is -1.68. The van der Waals surface area contributed by atoms with E-state index in [4.69, 9.17) is 0 Å². The average molecular weight is 245 g/mol. The average Bonchev–Trinajstić information content (AvgIpc) is 2.81. The second kappa shape index (κ2) is 6.31. The SMILES string of the molecule is Cc1nonc1CNC(C)CCc1ccccc1. The van der Waals surface area contributed by atoms with E-state index in [1.807, 2.05) is 13.0 Å². The Morgan fingerprint density at radius 2 is 2.00 bits per heavy atom. The highest BCUT2D eigenvalue weighted by atomic mass is 16.6. The van der Waals surface area contributed by atoms with E-state index in [1.165, 1.54) is 5.56 Å². The largest absolute Gasteiger partial charge is 0.308 e. The van der Waals surface area contributed by atoms with Gasteiger partial charge in [0.1, 0.15) is 11.4 Å². The summed E-state index contributed by atoms with van der Waals surface area (Å²) < 4.78 is 4.67. The zero-order valence-electron chi connectivity index (χ0n) is 10.9. The molecule has 0 saturated carbocycles. The summed E-state index contributed by atoms with van der Waals surface area (Å²) in [6.07, 6.45) is 2.19. The van der Waals surface area contributed by atoms with Gasteiger partial charge in [0.05, 0.1) is 0 Å². The minimum Gasteiger partial charge on any atom is -0.308 e.